The summed E-state index contributed by atoms with van der Waals surface area (Å²) in [4.78, 5) is 10.4. The monoisotopic (exact) mass is 142 g/mol. The SMILES string of the molecule is COC1C=CC(C(=O)O)C1. The van der Waals surface area contributed by atoms with Crippen molar-refractivity contribution in [3.05, 3.63) is 12.2 Å². The van der Waals surface area contributed by atoms with Gasteiger partial charge in [-0.2, -0.15) is 0 Å². The van der Waals surface area contributed by atoms with E-state index in [9.17, 15) is 4.79 Å². The van der Waals surface area contributed by atoms with E-state index in [2.05, 4.69) is 0 Å². The van der Waals surface area contributed by atoms with Crippen molar-refractivity contribution in [3.63, 3.8) is 0 Å². The summed E-state index contributed by atoms with van der Waals surface area (Å²) >= 11 is 0. The molecule has 0 aromatic rings. The third kappa shape index (κ3) is 1.36. The highest BCUT2D eigenvalue weighted by atomic mass is 16.5. The molecule has 0 saturated carbocycles. The van der Waals surface area contributed by atoms with Crippen LogP contribution >= 0.6 is 0 Å². The highest BCUT2D eigenvalue weighted by molar-refractivity contribution is 5.72. The Hall–Kier alpha value is -0.830. The van der Waals surface area contributed by atoms with Gasteiger partial charge in [0.2, 0.25) is 0 Å². The van der Waals surface area contributed by atoms with Crippen LogP contribution in [0.2, 0.25) is 0 Å². The number of ether oxygens (including phenoxy) is 1. The topological polar surface area (TPSA) is 46.5 Å². The molecule has 0 aromatic carbocycles. The van der Waals surface area contributed by atoms with Gasteiger partial charge in [0.1, 0.15) is 0 Å². The fourth-order valence-electron chi connectivity index (χ4n) is 1.02. The zero-order chi connectivity index (χ0) is 7.56. The highest BCUT2D eigenvalue weighted by Gasteiger charge is 2.23. The van der Waals surface area contributed by atoms with Crippen LogP contribution in [0.15, 0.2) is 12.2 Å². The first-order valence-corrected chi connectivity index (χ1v) is 3.18. The summed E-state index contributed by atoms with van der Waals surface area (Å²) in [5, 5.41) is 8.52. The molecule has 0 bridgehead atoms. The lowest BCUT2D eigenvalue weighted by Crippen LogP contribution is -2.12. The number of carboxylic acid groups (broad SMARTS) is 1. The zero-order valence-electron chi connectivity index (χ0n) is 5.78. The van der Waals surface area contributed by atoms with Gasteiger partial charge < -0.3 is 9.84 Å². The average molecular weight is 142 g/mol. The molecular formula is C7H10O3. The maximum atomic E-state index is 10.4. The van der Waals surface area contributed by atoms with Crippen molar-refractivity contribution in [2.45, 2.75) is 12.5 Å². The summed E-state index contributed by atoms with van der Waals surface area (Å²) in [7, 11) is 1.58. The second-order valence-electron chi connectivity index (χ2n) is 2.34. The normalized spacial score (nSPS) is 30.9. The Balaban J connectivity index is 2.45. The maximum Gasteiger partial charge on any atom is 0.310 e. The summed E-state index contributed by atoms with van der Waals surface area (Å²) < 4.78 is 4.94. The van der Waals surface area contributed by atoms with Crippen LogP contribution < -0.4 is 0 Å². The molecule has 0 amide bonds. The number of methoxy groups -OCH3 is 1. The van der Waals surface area contributed by atoms with Crippen LogP contribution in [0.25, 0.3) is 0 Å². The van der Waals surface area contributed by atoms with Crippen LogP contribution in [0.3, 0.4) is 0 Å². The van der Waals surface area contributed by atoms with Gasteiger partial charge in [-0.15, -0.1) is 0 Å². The molecule has 1 N–H and O–H groups in total. The molecule has 2 atom stereocenters. The van der Waals surface area contributed by atoms with E-state index in [-0.39, 0.29) is 12.0 Å². The Morgan fingerprint density at radius 1 is 1.70 bits per heavy atom. The molecule has 1 rings (SSSR count). The van der Waals surface area contributed by atoms with Crippen LogP contribution in [0.4, 0.5) is 0 Å². The van der Waals surface area contributed by atoms with Crippen molar-refractivity contribution in [2.75, 3.05) is 7.11 Å². The van der Waals surface area contributed by atoms with Crippen LogP contribution in [-0.2, 0) is 9.53 Å². The molecular weight excluding hydrogens is 132 g/mol. The molecule has 1 aliphatic rings. The predicted octanol–water partition coefficient (Wildman–Crippen LogP) is 0.662. The van der Waals surface area contributed by atoms with Gasteiger partial charge in [-0.25, -0.2) is 0 Å². The summed E-state index contributed by atoms with van der Waals surface area (Å²) in [6, 6.07) is 0. The van der Waals surface area contributed by atoms with Crippen molar-refractivity contribution < 1.29 is 14.6 Å². The average Bonchev–Trinajstić information content (AvgIpc) is 2.34. The van der Waals surface area contributed by atoms with E-state index < -0.39 is 5.97 Å². The molecule has 0 aromatic heterocycles. The Labute approximate surface area is 59.3 Å². The molecule has 0 spiro atoms. The molecule has 0 fully saturated rings. The minimum Gasteiger partial charge on any atom is -0.481 e. The van der Waals surface area contributed by atoms with E-state index in [1.807, 2.05) is 0 Å². The van der Waals surface area contributed by atoms with Crippen molar-refractivity contribution in [1.29, 1.82) is 0 Å². The van der Waals surface area contributed by atoms with E-state index in [4.69, 9.17) is 9.84 Å². The minimum atomic E-state index is -0.768. The van der Waals surface area contributed by atoms with Crippen LogP contribution in [0, 0.1) is 5.92 Å². The number of hydrogen-bond acceptors (Lipinski definition) is 2. The van der Waals surface area contributed by atoms with Crippen molar-refractivity contribution in [1.82, 2.24) is 0 Å². The third-order valence-corrected chi connectivity index (χ3v) is 1.66. The predicted molar refractivity (Wildman–Crippen MR) is 35.7 cm³/mol. The van der Waals surface area contributed by atoms with E-state index in [1.165, 1.54) is 0 Å². The number of carbonyl (C=O) groups is 1. The summed E-state index contributed by atoms with van der Waals surface area (Å²) in [6.07, 6.45) is 4.04. The first-order valence-electron chi connectivity index (χ1n) is 3.18. The first kappa shape index (κ1) is 7.28. The Kier molecular flexibility index (Phi) is 2.06. The Morgan fingerprint density at radius 2 is 2.40 bits per heavy atom. The third-order valence-electron chi connectivity index (χ3n) is 1.66. The summed E-state index contributed by atoms with van der Waals surface area (Å²) in [6.45, 7) is 0. The summed E-state index contributed by atoms with van der Waals surface area (Å²) in [5.41, 5.74) is 0. The van der Waals surface area contributed by atoms with Crippen molar-refractivity contribution >= 4 is 5.97 Å². The second-order valence-corrected chi connectivity index (χ2v) is 2.34. The fourth-order valence-corrected chi connectivity index (χ4v) is 1.02. The van der Waals surface area contributed by atoms with Gasteiger partial charge in [0.15, 0.2) is 0 Å². The molecule has 10 heavy (non-hydrogen) atoms. The highest BCUT2D eigenvalue weighted by Crippen LogP contribution is 2.19. The first-order chi connectivity index (χ1) is 4.74. The van der Waals surface area contributed by atoms with Crippen LogP contribution in [0.5, 0.6) is 0 Å². The van der Waals surface area contributed by atoms with Gasteiger partial charge in [0, 0.05) is 7.11 Å². The van der Waals surface area contributed by atoms with Gasteiger partial charge in [-0.05, 0) is 6.42 Å². The van der Waals surface area contributed by atoms with E-state index in [0.717, 1.165) is 0 Å². The number of rotatable bonds is 2. The van der Waals surface area contributed by atoms with Gasteiger partial charge in [-0.1, -0.05) is 12.2 Å². The largest absolute Gasteiger partial charge is 0.481 e. The summed E-state index contributed by atoms with van der Waals surface area (Å²) in [5.74, 6) is -1.11. The minimum absolute atomic E-state index is 0.00102. The van der Waals surface area contributed by atoms with E-state index in [1.54, 1.807) is 19.3 Å². The maximum absolute atomic E-state index is 10.4. The lowest BCUT2D eigenvalue weighted by molar-refractivity contribution is -0.140. The zero-order valence-corrected chi connectivity index (χ0v) is 5.78. The fraction of sp³-hybridized carbons (Fsp3) is 0.571. The molecule has 56 valence electrons. The standard InChI is InChI=1S/C7H10O3/c1-10-6-3-2-5(4-6)7(8)9/h2-3,5-6H,4H2,1H3,(H,8,9). The molecule has 0 heterocycles. The molecule has 3 nitrogen and oxygen atoms in total. The quantitative estimate of drug-likeness (QED) is 0.576. The number of hydrogen-bond donors (Lipinski definition) is 1. The van der Waals surface area contributed by atoms with Gasteiger partial charge >= 0.3 is 5.97 Å². The molecule has 2 unspecified atom stereocenters. The van der Waals surface area contributed by atoms with Crippen molar-refractivity contribution in [3.8, 4) is 0 Å². The lowest BCUT2D eigenvalue weighted by Gasteiger charge is -2.05. The smallest absolute Gasteiger partial charge is 0.310 e. The van der Waals surface area contributed by atoms with Gasteiger partial charge in [0.05, 0.1) is 12.0 Å². The van der Waals surface area contributed by atoms with Gasteiger partial charge in [0.25, 0.3) is 0 Å². The van der Waals surface area contributed by atoms with E-state index in [0.29, 0.717) is 6.42 Å². The van der Waals surface area contributed by atoms with Crippen LogP contribution in [-0.4, -0.2) is 24.3 Å². The second kappa shape index (κ2) is 2.84. The van der Waals surface area contributed by atoms with Crippen molar-refractivity contribution in [2.24, 2.45) is 5.92 Å². The lowest BCUT2D eigenvalue weighted by atomic mass is 10.1. The molecule has 1 aliphatic carbocycles. The van der Waals surface area contributed by atoms with Crippen LogP contribution in [0.1, 0.15) is 6.42 Å². The Bertz CT molecular complexity index is 162. The number of carboxylic acids is 1. The molecule has 0 radical (unpaired) electrons. The Morgan fingerprint density at radius 3 is 2.70 bits per heavy atom. The number of aliphatic carboxylic acids is 1. The van der Waals surface area contributed by atoms with E-state index >= 15 is 0 Å². The molecule has 3 heteroatoms. The van der Waals surface area contributed by atoms with Gasteiger partial charge in [-0.3, -0.25) is 4.79 Å². The molecule has 0 saturated heterocycles. The molecule has 0 aliphatic heterocycles.